The van der Waals surface area contributed by atoms with Crippen molar-refractivity contribution < 1.29 is 9.53 Å². The lowest BCUT2D eigenvalue weighted by molar-refractivity contribution is 0.102. The van der Waals surface area contributed by atoms with Gasteiger partial charge in [0.1, 0.15) is 5.75 Å². The van der Waals surface area contributed by atoms with E-state index < -0.39 is 0 Å². The van der Waals surface area contributed by atoms with E-state index in [-0.39, 0.29) is 5.91 Å². The normalized spacial score (nSPS) is 14.9. The molecule has 1 fully saturated rings. The van der Waals surface area contributed by atoms with Gasteiger partial charge in [0.05, 0.1) is 6.61 Å². The molecule has 2 aromatic rings. The van der Waals surface area contributed by atoms with E-state index in [0.29, 0.717) is 18.1 Å². The third kappa shape index (κ3) is 5.97. The number of aryl methyl sites for hydroxylation is 1. The third-order valence-electron chi connectivity index (χ3n) is 5.41. The quantitative estimate of drug-likeness (QED) is 0.754. The fourth-order valence-electron chi connectivity index (χ4n) is 3.36. The molecule has 0 bridgehead atoms. The fourth-order valence-corrected chi connectivity index (χ4v) is 3.36. The van der Waals surface area contributed by atoms with Gasteiger partial charge in [-0.1, -0.05) is 13.8 Å². The van der Waals surface area contributed by atoms with Crippen molar-refractivity contribution in [1.29, 1.82) is 0 Å². The molecule has 0 aromatic heterocycles. The second-order valence-corrected chi connectivity index (χ2v) is 8.30. The third-order valence-corrected chi connectivity index (χ3v) is 5.41. The van der Waals surface area contributed by atoms with Crippen LogP contribution >= 0.6 is 0 Å². The molecular formula is C24H33N3O2. The Kier molecular flexibility index (Phi) is 7.15. The Hall–Kier alpha value is -2.53. The SMILES string of the molecule is Cc1cc(N2CCN(C)CC2)ccc1NC(=O)c1ccc(OCCC(C)C)cc1. The monoisotopic (exact) mass is 395 g/mol. The number of hydrogen-bond acceptors (Lipinski definition) is 4. The van der Waals surface area contributed by atoms with Gasteiger partial charge in [-0.15, -0.1) is 0 Å². The molecule has 0 saturated carbocycles. The van der Waals surface area contributed by atoms with Crippen molar-refractivity contribution in [2.45, 2.75) is 27.2 Å². The fraction of sp³-hybridized carbons (Fsp3) is 0.458. The van der Waals surface area contributed by atoms with Gasteiger partial charge in [0.25, 0.3) is 5.91 Å². The number of ether oxygens (including phenoxy) is 1. The molecule has 1 heterocycles. The predicted molar refractivity (Wildman–Crippen MR) is 120 cm³/mol. The number of hydrogen-bond donors (Lipinski definition) is 1. The van der Waals surface area contributed by atoms with Crippen LogP contribution in [-0.2, 0) is 0 Å². The lowest BCUT2D eigenvalue weighted by Crippen LogP contribution is -2.44. The first-order chi connectivity index (χ1) is 13.9. The molecule has 1 amide bonds. The molecule has 156 valence electrons. The molecule has 2 aromatic carbocycles. The average Bonchev–Trinajstić information content (AvgIpc) is 2.70. The number of benzene rings is 2. The number of likely N-dealkylation sites (N-methyl/N-ethyl adjacent to an activating group) is 1. The molecule has 1 aliphatic rings. The van der Waals surface area contributed by atoms with Gasteiger partial charge in [0, 0.05) is 43.1 Å². The first kappa shape index (κ1) is 21.2. The van der Waals surface area contributed by atoms with Crippen LogP contribution in [0.4, 0.5) is 11.4 Å². The van der Waals surface area contributed by atoms with Gasteiger partial charge in [-0.25, -0.2) is 0 Å². The number of carbonyl (C=O) groups excluding carboxylic acids is 1. The molecule has 1 N–H and O–H groups in total. The summed E-state index contributed by atoms with van der Waals surface area (Å²) in [6, 6.07) is 13.6. The van der Waals surface area contributed by atoms with E-state index in [1.807, 2.05) is 37.3 Å². The number of nitrogens with one attached hydrogen (secondary N) is 1. The van der Waals surface area contributed by atoms with Gasteiger partial charge < -0.3 is 19.9 Å². The standard InChI is InChI=1S/C24H33N3O2/c1-18(2)11-16-29-22-8-5-20(6-9-22)24(28)25-23-10-7-21(17-19(23)3)27-14-12-26(4)13-15-27/h5-10,17-18H,11-16H2,1-4H3,(H,25,28). The molecule has 29 heavy (non-hydrogen) atoms. The zero-order valence-corrected chi connectivity index (χ0v) is 18.1. The van der Waals surface area contributed by atoms with Crippen LogP contribution in [0.1, 0.15) is 36.2 Å². The summed E-state index contributed by atoms with van der Waals surface area (Å²) in [5.41, 5.74) is 3.77. The van der Waals surface area contributed by atoms with Crippen LogP contribution in [0.3, 0.4) is 0 Å². The summed E-state index contributed by atoms with van der Waals surface area (Å²) >= 11 is 0. The van der Waals surface area contributed by atoms with E-state index >= 15 is 0 Å². The van der Waals surface area contributed by atoms with E-state index in [1.54, 1.807) is 0 Å². The van der Waals surface area contributed by atoms with E-state index in [4.69, 9.17) is 4.74 Å². The second kappa shape index (κ2) is 9.79. The van der Waals surface area contributed by atoms with Crippen LogP contribution < -0.4 is 15.0 Å². The maximum absolute atomic E-state index is 12.6. The van der Waals surface area contributed by atoms with E-state index in [9.17, 15) is 4.79 Å². The number of rotatable bonds is 7. The zero-order valence-electron chi connectivity index (χ0n) is 18.1. The molecule has 1 saturated heterocycles. The minimum atomic E-state index is -0.103. The maximum Gasteiger partial charge on any atom is 0.255 e. The molecule has 5 heteroatoms. The van der Waals surface area contributed by atoms with Crippen molar-refractivity contribution in [2.24, 2.45) is 5.92 Å². The Labute approximate surface area is 174 Å². The minimum Gasteiger partial charge on any atom is -0.494 e. The van der Waals surface area contributed by atoms with Crippen molar-refractivity contribution in [3.63, 3.8) is 0 Å². The van der Waals surface area contributed by atoms with Crippen LogP contribution in [0.2, 0.25) is 0 Å². The van der Waals surface area contributed by atoms with Crippen molar-refractivity contribution in [2.75, 3.05) is 50.1 Å². The van der Waals surface area contributed by atoms with Crippen molar-refractivity contribution in [3.8, 4) is 5.75 Å². The highest BCUT2D eigenvalue weighted by Crippen LogP contribution is 2.24. The molecule has 3 rings (SSSR count). The molecule has 0 radical (unpaired) electrons. The molecular weight excluding hydrogens is 362 g/mol. The Bertz CT molecular complexity index is 809. The highest BCUT2D eigenvalue weighted by atomic mass is 16.5. The second-order valence-electron chi connectivity index (χ2n) is 8.30. The van der Waals surface area contributed by atoms with Gasteiger partial charge in [-0.2, -0.15) is 0 Å². The van der Waals surface area contributed by atoms with Gasteiger partial charge in [-0.3, -0.25) is 4.79 Å². The van der Waals surface area contributed by atoms with Crippen molar-refractivity contribution in [3.05, 3.63) is 53.6 Å². The summed E-state index contributed by atoms with van der Waals surface area (Å²) in [5, 5.41) is 3.03. The Morgan fingerprint density at radius 3 is 2.38 bits per heavy atom. The minimum absolute atomic E-state index is 0.103. The molecule has 0 spiro atoms. The van der Waals surface area contributed by atoms with Gasteiger partial charge >= 0.3 is 0 Å². The van der Waals surface area contributed by atoms with Crippen LogP contribution in [0, 0.1) is 12.8 Å². The predicted octanol–water partition coefficient (Wildman–Crippen LogP) is 4.42. The summed E-state index contributed by atoms with van der Waals surface area (Å²) in [4.78, 5) is 17.4. The van der Waals surface area contributed by atoms with Crippen LogP contribution in [0.25, 0.3) is 0 Å². The summed E-state index contributed by atoms with van der Waals surface area (Å²) in [6.07, 6.45) is 1.02. The number of piperazine rings is 1. The van der Waals surface area contributed by atoms with E-state index in [1.165, 1.54) is 5.69 Å². The zero-order chi connectivity index (χ0) is 20.8. The van der Waals surface area contributed by atoms with E-state index in [0.717, 1.165) is 49.6 Å². The topological polar surface area (TPSA) is 44.8 Å². The number of carbonyl (C=O) groups is 1. The van der Waals surface area contributed by atoms with Crippen LogP contribution in [0.5, 0.6) is 5.75 Å². The Morgan fingerprint density at radius 1 is 1.07 bits per heavy atom. The smallest absolute Gasteiger partial charge is 0.255 e. The largest absolute Gasteiger partial charge is 0.494 e. The van der Waals surface area contributed by atoms with Crippen molar-refractivity contribution >= 4 is 17.3 Å². The number of anilines is 2. The first-order valence-electron chi connectivity index (χ1n) is 10.5. The average molecular weight is 396 g/mol. The highest BCUT2D eigenvalue weighted by Gasteiger charge is 2.15. The Balaban J connectivity index is 1.58. The summed E-state index contributed by atoms with van der Waals surface area (Å²) in [7, 11) is 2.16. The summed E-state index contributed by atoms with van der Waals surface area (Å²) in [6.45, 7) is 11.3. The summed E-state index contributed by atoms with van der Waals surface area (Å²) in [5.74, 6) is 1.31. The highest BCUT2D eigenvalue weighted by molar-refractivity contribution is 6.04. The lowest BCUT2D eigenvalue weighted by Gasteiger charge is -2.34. The van der Waals surface area contributed by atoms with Gasteiger partial charge in [0.2, 0.25) is 0 Å². The maximum atomic E-state index is 12.6. The van der Waals surface area contributed by atoms with Crippen molar-refractivity contribution in [1.82, 2.24) is 4.90 Å². The molecule has 1 aliphatic heterocycles. The van der Waals surface area contributed by atoms with E-state index in [2.05, 4.69) is 48.1 Å². The number of amides is 1. The first-order valence-corrected chi connectivity index (χ1v) is 10.5. The summed E-state index contributed by atoms with van der Waals surface area (Å²) < 4.78 is 5.73. The molecule has 0 atom stereocenters. The molecule has 5 nitrogen and oxygen atoms in total. The lowest BCUT2D eigenvalue weighted by atomic mass is 10.1. The van der Waals surface area contributed by atoms with Crippen LogP contribution in [-0.4, -0.2) is 50.6 Å². The van der Waals surface area contributed by atoms with Gasteiger partial charge in [0.15, 0.2) is 0 Å². The van der Waals surface area contributed by atoms with Gasteiger partial charge in [-0.05, 0) is 74.3 Å². The Morgan fingerprint density at radius 2 is 1.76 bits per heavy atom. The molecule has 0 unspecified atom stereocenters. The van der Waals surface area contributed by atoms with Crippen LogP contribution in [0.15, 0.2) is 42.5 Å². The number of nitrogens with zero attached hydrogens (tertiary/aromatic N) is 2. The molecule has 0 aliphatic carbocycles.